The maximum Gasteiger partial charge on any atom is 0.208 e. The number of nitrogens with zero attached hydrogens (tertiary/aromatic N) is 2. The molecule has 0 saturated carbocycles. The number of benzene rings is 1. The molecule has 0 aliphatic carbocycles. The third-order valence-corrected chi connectivity index (χ3v) is 4.93. The van der Waals surface area contributed by atoms with Crippen LogP contribution in [0.4, 0.5) is 4.39 Å². The zero-order valence-electron chi connectivity index (χ0n) is 10.8. The molecular weight excluding hydrogens is 329 g/mol. The minimum absolute atomic E-state index is 0.329. The van der Waals surface area contributed by atoms with E-state index >= 15 is 0 Å². The predicted molar refractivity (Wildman–Crippen MR) is 84.5 cm³/mol. The minimum atomic E-state index is -0.329. The molecular formula is C14H11ClFN3S2. The average molecular weight is 340 g/mol. The molecule has 0 radical (unpaired) electrons. The fraction of sp³-hybridized carbons (Fsp3) is 0.143. The lowest BCUT2D eigenvalue weighted by atomic mass is 10.2. The Kier molecular flexibility index (Phi) is 4.57. The van der Waals surface area contributed by atoms with Crippen LogP contribution >= 0.6 is 34.7 Å². The Morgan fingerprint density at radius 2 is 2.24 bits per heavy atom. The van der Waals surface area contributed by atoms with Gasteiger partial charge in [-0.05, 0) is 29.1 Å². The van der Waals surface area contributed by atoms with E-state index in [0.717, 1.165) is 17.8 Å². The molecule has 108 valence electrons. The van der Waals surface area contributed by atoms with Gasteiger partial charge in [0.25, 0.3) is 0 Å². The van der Waals surface area contributed by atoms with E-state index in [1.54, 1.807) is 17.4 Å². The van der Waals surface area contributed by atoms with E-state index in [1.807, 2.05) is 11.4 Å². The molecule has 3 nitrogen and oxygen atoms in total. The number of hydrogen-bond acceptors (Lipinski definition) is 4. The van der Waals surface area contributed by atoms with E-state index in [0.29, 0.717) is 15.9 Å². The number of thioether (sulfide) groups is 1. The highest BCUT2D eigenvalue weighted by molar-refractivity contribution is 7.98. The third-order valence-electron chi connectivity index (χ3n) is 2.80. The second-order valence-corrected chi connectivity index (χ2v) is 6.73. The Morgan fingerprint density at radius 1 is 1.33 bits per heavy atom. The van der Waals surface area contributed by atoms with Crippen molar-refractivity contribution in [3.8, 4) is 0 Å². The van der Waals surface area contributed by atoms with E-state index in [4.69, 9.17) is 11.6 Å². The molecule has 0 amide bonds. The highest BCUT2D eigenvalue weighted by atomic mass is 35.5. The number of halogens is 2. The molecule has 0 saturated heterocycles. The first-order valence-corrected chi connectivity index (χ1v) is 8.45. The van der Waals surface area contributed by atoms with Gasteiger partial charge >= 0.3 is 0 Å². The summed E-state index contributed by atoms with van der Waals surface area (Å²) in [5, 5.41) is 10.2. The zero-order chi connectivity index (χ0) is 14.7. The lowest BCUT2D eigenvalue weighted by molar-refractivity contribution is 0.627. The van der Waals surface area contributed by atoms with Crippen LogP contribution < -0.4 is 0 Å². The molecule has 0 atom stereocenters. The quantitative estimate of drug-likeness (QED) is 0.694. The van der Waals surface area contributed by atoms with Gasteiger partial charge in [-0.15, -0.1) is 16.4 Å². The normalized spacial score (nSPS) is 11.0. The van der Waals surface area contributed by atoms with Crippen molar-refractivity contribution >= 4 is 34.7 Å². The van der Waals surface area contributed by atoms with Gasteiger partial charge in [0.15, 0.2) is 0 Å². The van der Waals surface area contributed by atoms with Crippen molar-refractivity contribution in [2.24, 2.45) is 0 Å². The van der Waals surface area contributed by atoms with Crippen LogP contribution in [0.1, 0.15) is 16.3 Å². The van der Waals surface area contributed by atoms with Gasteiger partial charge in [-0.1, -0.05) is 35.5 Å². The van der Waals surface area contributed by atoms with Gasteiger partial charge in [0, 0.05) is 22.1 Å². The second kappa shape index (κ2) is 6.60. The van der Waals surface area contributed by atoms with E-state index in [9.17, 15) is 4.39 Å². The van der Waals surface area contributed by atoms with Gasteiger partial charge in [0.2, 0.25) is 5.16 Å². The molecule has 0 aliphatic heterocycles. The van der Waals surface area contributed by atoms with Crippen molar-refractivity contribution in [1.82, 2.24) is 15.2 Å². The van der Waals surface area contributed by atoms with Crippen LogP contribution in [0.5, 0.6) is 0 Å². The topological polar surface area (TPSA) is 41.6 Å². The standard InChI is InChI=1S/C14H11ClFN3S2/c15-12-6-10(16)4-3-9(12)8-21-14-17-13(18-19-14)7-11-2-1-5-20-11/h1-6H,7-8H2,(H,17,18,19). The van der Waals surface area contributed by atoms with Crippen LogP contribution in [-0.4, -0.2) is 15.2 Å². The van der Waals surface area contributed by atoms with E-state index < -0.39 is 0 Å². The molecule has 0 spiro atoms. The Morgan fingerprint density at radius 3 is 3.00 bits per heavy atom. The Labute approximate surface area is 134 Å². The maximum absolute atomic E-state index is 13.0. The van der Waals surface area contributed by atoms with Crippen molar-refractivity contribution < 1.29 is 4.39 Å². The molecule has 2 heterocycles. The van der Waals surface area contributed by atoms with E-state index in [1.165, 1.54) is 28.8 Å². The van der Waals surface area contributed by atoms with Gasteiger partial charge in [0.05, 0.1) is 0 Å². The number of thiophene rings is 1. The summed E-state index contributed by atoms with van der Waals surface area (Å²) in [6, 6.07) is 8.49. The lowest BCUT2D eigenvalue weighted by Crippen LogP contribution is -1.87. The summed E-state index contributed by atoms with van der Waals surface area (Å²) in [6.07, 6.45) is 0.753. The summed E-state index contributed by atoms with van der Waals surface area (Å²) < 4.78 is 13.0. The minimum Gasteiger partial charge on any atom is -0.262 e. The summed E-state index contributed by atoms with van der Waals surface area (Å²) >= 11 is 9.16. The number of nitrogens with one attached hydrogen (secondary N) is 1. The highest BCUT2D eigenvalue weighted by Gasteiger charge is 2.08. The largest absolute Gasteiger partial charge is 0.262 e. The molecule has 0 bridgehead atoms. The predicted octanol–water partition coefficient (Wildman–Crippen LogP) is 4.54. The van der Waals surface area contributed by atoms with Gasteiger partial charge in [-0.25, -0.2) is 9.37 Å². The van der Waals surface area contributed by atoms with Crippen LogP contribution in [-0.2, 0) is 12.2 Å². The highest BCUT2D eigenvalue weighted by Crippen LogP contribution is 2.25. The average Bonchev–Trinajstić information content (AvgIpc) is 3.10. The second-order valence-electron chi connectivity index (χ2n) is 4.35. The first-order chi connectivity index (χ1) is 10.2. The molecule has 2 aromatic heterocycles. The molecule has 1 N–H and O–H groups in total. The third kappa shape index (κ3) is 3.84. The fourth-order valence-corrected chi connectivity index (χ4v) is 3.62. The van der Waals surface area contributed by atoms with Crippen LogP contribution in [0, 0.1) is 5.82 Å². The van der Waals surface area contributed by atoms with Crippen molar-refractivity contribution in [2.75, 3.05) is 0 Å². The number of aromatic nitrogens is 3. The molecule has 1 aromatic carbocycles. The van der Waals surface area contributed by atoms with Gasteiger partial charge < -0.3 is 0 Å². The SMILES string of the molecule is Fc1ccc(CSc2n[nH]c(Cc3cccs3)n2)c(Cl)c1. The molecule has 0 aliphatic rings. The van der Waals surface area contributed by atoms with Crippen molar-refractivity contribution in [3.05, 3.63) is 62.8 Å². The van der Waals surface area contributed by atoms with Crippen LogP contribution in [0.25, 0.3) is 0 Å². The van der Waals surface area contributed by atoms with Crippen molar-refractivity contribution in [1.29, 1.82) is 0 Å². The Bertz CT molecular complexity index is 728. The maximum atomic E-state index is 13.0. The summed E-state index contributed by atoms with van der Waals surface area (Å²) in [5.74, 6) is 1.12. The van der Waals surface area contributed by atoms with Crippen molar-refractivity contribution in [2.45, 2.75) is 17.3 Å². The zero-order valence-corrected chi connectivity index (χ0v) is 13.2. The van der Waals surface area contributed by atoms with Gasteiger partial charge in [-0.3, -0.25) is 5.10 Å². The lowest BCUT2D eigenvalue weighted by Gasteiger charge is -2.01. The summed E-state index contributed by atoms with van der Waals surface area (Å²) in [4.78, 5) is 5.67. The number of rotatable bonds is 5. The molecule has 0 fully saturated rings. The Hall–Kier alpha value is -1.37. The summed E-state index contributed by atoms with van der Waals surface area (Å²) in [5.41, 5.74) is 0.868. The van der Waals surface area contributed by atoms with Crippen molar-refractivity contribution in [3.63, 3.8) is 0 Å². The molecule has 3 aromatic rings. The number of aromatic amines is 1. The van der Waals surface area contributed by atoms with Crippen LogP contribution in [0.3, 0.4) is 0 Å². The molecule has 3 rings (SSSR count). The van der Waals surface area contributed by atoms with Gasteiger partial charge in [-0.2, -0.15) is 0 Å². The molecule has 0 unspecified atom stereocenters. The van der Waals surface area contributed by atoms with Crippen LogP contribution in [0.2, 0.25) is 5.02 Å². The number of hydrogen-bond donors (Lipinski definition) is 1. The summed E-state index contributed by atoms with van der Waals surface area (Å²) in [6.45, 7) is 0. The summed E-state index contributed by atoms with van der Waals surface area (Å²) in [7, 11) is 0. The molecule has 21 heavy (non-hydrogen) atoms. The first kappa shape index (κ1) is 14.6. The smallest absolute Gasteiger partial charge is 0.208 e. The fourth-order valence-electron chi connectivity index (χ4n) is 1.78. The Balaban J connectivity index is 1.62. The van der Waals surface area contributed by atoms with Gasteiger partial charge in [0.1, 0.15) is 11.6 Å². The number of H-pyrrole nitrogens is 1. The van der Waals surface area contributed by atoms with E-state index in [2.05, 4.69) is 21.2 Å². The van der Waals surface area contributed by atoms with E-state index in [-0.39, 0.29) is 5.82 Å². The molecule has 7 heteroatoms. The first-order valence-electron chi connectivity index (χ1n) is 6.21. The monoisotopic (exact) mass is 339 g/mol. The van der Waals surface area contributed by atoms with Crippen LogP contribution in [0.15, 0.2) is 40.9 Å².